The highest BCUT2D eigenvalue weighted by atomic mass is 16.3. The first-order valence-electron chi connectivity index (χ1n) is 4.79. The maximum Gasteiger partial charge on any atom is 0.0759 e. The Morgan fingerprint density at radius 1 is 1.33 bits per heavy atom. The number of aliphatic hydroxyl groups is 1. The van der Waals surface area contributed by atoms with Gasteiger partial charge in [-0.2, -0.15) is 0 Å². The van der Waals surface area contributed by atoms with Crippen LogP contribution in [-0.2, 0) is 0 Å². The molecule has 0 saturated carbocycles. The summed E-state index contributed by atoms with van der Waals surface area (Å²) < 4.78 is 0. The van der Waals surface area contributed by atoms with Gasteiger partial charge in [-0.1, -0.05) is 0 Å². The van der Waals surface area contributed by atoms with Crippen molar-refractivity contribution >= 4 is 0 Å². The fourth-order valence-corrected chi connectivity index (χ4v) is 2.43. The number of piperazine rings is 1. The van der Waals surface area contributed by atoms with E-state index in [2.05, 4.69) is 10.6 Å². The summed E-state index contributed by atoms with van der Waals surface area (Å²) in [5.41, 5.74) is -0.604. The van der Waals surface area contributed by atoms with Gasteiger partial charge in [0.2, 0.25) is 0 Å². The van der Waals surface area contributed by atoms with Crippen LogP contribution in [0.3, 0.4) is 0 Å². The van der Waals surface area contributed by atoms with Gasteiger partial charge in [-0.3, -0.25) is 0 Å². The van der Waals surface area contributed by atoms with Crippen molar-refractivity contribution in [2.24, 2.45) is 0 Å². The van der Waals surface area contributed by atoms with Gasteiger partial charge in [-0.25, -0.2) is 0 Å². The number of nitrogens with one attached hydrogen (secondary N) is 2. The molecular formula is C9H18N2O. The molecule has 3 heteroatoms. The molecule has 12 heavy (non-hydrogen) atoms. The van der Waals surface area contributed by atoms with Crippen molar-refractivity contribution < 1.29 is 5.11 Å². The van der Waals surface area contributed by atoms with Crippen LogP contribution in [0.4, 0.5) is 0 Å². The number of fused-ring (bicyclic) bond motifs is 2. The highest BCUT2D eigenvalue weighted by molar-refractivity contribution is 5.03. The van der Waals surface area contributed by atoms with E-state index in [1.807, 2.05) is 13.8 Å². The first-order chi connectivity index (χ1) is 5.57. The van der Waals surface area contributed by atoms with Gasteiger partial charge in [0.15, 0.2) is 0 Å². The van der Waals surface area contributed by atoms with E-state index in [0.717, 1.165) is 6.54 Å². The zero-order chi connectivity index (χ0) is 8.77. The van der Waals surface area contributed by atoms with Crippen LogP contribution in [-0.4, -0.2) is 35.4 Å². The topological polar surface area (TPSA) is 44.3 Å². The molecule has 2 rings (SSSR count). The van der Waals surface area contributed by atoms with E-state index >= 15 is 0 Å². The van der Waals surface area contributed by atoms with Crippen LogP contribution < -0.4 is 10.6 Å². The van der Waals surface area contributed by atoms with Crippen LogP contribution in [0.2, 0.25) is 0 Å². The molecule has 0 aromatic heterocycles. The van der Waals surface area contributed by atoms with Crippen LogP contribution in [0.1, 0.15) is 26.7 Å². The van der Waals surface area contributed by atoms with Crippen LogP contribution in [0, 0.1) is 0 Å². The second kappa shape index (κ2) is 2.69. The third-order valence-corrected chi connectivity index (χ3v) is 3.02. The van der Waals surface area contributed by atoms with Gasteiger partial charge in [-0.05, 0) is 26.7 Å². The molecule has 2 bridgehead atoms. The molecule has 2 fully saturated rings. The van der Waals surface area contributed by atoms with Crippen molar-refractivity contribution in [1.29, 1.82) is 0 Å². The van der Waals surface area contributed by atoms with Crippen LogP contribution in [0.25, 0.3) is 0 Å². The van der Waals surface area contributed by atoms with Crippen molar-refractivity contribution in [1.82, 2.24) is 10.6 Å². The molecule has 70 valence electrons. The summed E-state index contributed by atoms with van der Waals surface area (Å²) in [5.74, 6) is 0. The van der Waals surface area contributed by atoms with E-state index in [-0.39, 0.29) is 6.04 Å². The molecular weight excluding hydrogens is 152 g/mol. The second-order valence-corrected chi connectivity index (χ2v) is 4.59. The lowest BCUT2D eigenvalue weighted by Gasteiger charge is -2.39. The molecule has 0 amide bonds. The molecule has 2 heterocycles. The molecule has 0 aliphatic carbocycles. The minimum atomic E-state index is -0.604. The summed E-state index contributed by atoms with van der Waals surface area (Å²) in [6, 6.07) is 1.34. The fourth-order valence-electron chi connectivity index (χ4n) is 2.43. The maximum absolute atomic E-state index is 9.86. The number of hydrogen-bond acceptors (Lipinski definition) is 3. The summed E-state index contributed by atoms with van der Waals surface area (Å²) in [4.78, 5) is 0. The summed E-state index contributed by atoms with van der Waals surface area (Å²) in [5, 5.41) is 16.8. The second-order valence-electron chi connectivity index (χ2n) is 4.59. The summed E-state index contributed by atoms with van der Waals surface area (Å²) in [6.45, 7) is 4.77. The summed E-state index contributed by atoms with van der Waals surface area (Å²) >= 11 is 0. The minimum absolute atomic E-state index is 0.219. The molecule has 3 atom stereocenters. The van der Waals surface area contributed by atoms with Gasteiger partial charge in [0.25, 0.3) is 0 Å². The maximum atomic E-state index is 9.86. The quantitative estimate of drug-likeness (QED) is 0.513. The normalized spacial score (nSPS) is 41.8. The minimum Gasteiger partial charge on any atom is -0.389 e. The Bertz CT molecular complexity index is 176. The van der Waals surface area contributed by atoms with E-state index < -0.39 is 5.60 Å². The molecule has 2 aliphatic heterocycles. The van der Waals surface area contributed by atoms with Gasteiger partial charge >= 0.3 is 0 Å². The molecule has 0 spiro atoms. The van der Waals surface area contributed by atoms with E-state index in [4.69, 9.17) is 0 Å². The lowest BCUT2D eigenvalue weighted by molar-refractivity contribution is 0.0183. The predicted octanol–water partition coefficient (Wildman–Crippen LogP) is -0.150. The monoisotopic (exact) mass is 170 g/mol. The van der Waals surface area contributed by atoms with Crippen LogP contribution >= 0.6 is 0 Å². The van der Waals surface area contributed by atoms with E-state index in [1.54, 1.807) is 0 Å². The van der Waals surface area contributed by atoms with Crippen molar-refractivity contribution in [3.8, 4) is 0 Å². The smallest absolute Gasteiger partial charge is 0.0759 e. The van der Waals surface area contributed by atoms with E-state index in [9.17, 15) is 5.11 Å². The Balaban J connectivity index is 2.07. The largest absolute Gasteiger partial charge is 0.389 e. The average molecular weight is 170 g/mol. The van der Waals surface area contributed by atoms with Gasteiger partial charge in [0, 0.05) is 18.6 Å². The summed E-state index contributed by atoms with van der Waals surface area (Å²) in [7, 11) is 0. The molecule has 0 aromatic rings. The molecule has 2 saturated heterocycles. The van der Waals surface area contributed by atoms with Gasteiger partial charge in [0.1, 0.15) is 0 Å². The first kappa shape index (κ1) is 8.48. The van der Waals surface area contributed by atoms with Crippen molar-refractivity contribution in [3.63, 3.8) is 0 Å². The average Bonchev–Trinajstić information content (AvgIpc) is 2.30. The SMILES string of the molecule is CC(C)(O)C1NCC2CC[C@H]1N2. The van der Waals surface area contributed by atoms with Gasteiger partial charge in [0.05, 0.1) is 11.6 Å². The third-order valence-electron chi connectivity index (χ3n) is 3.02. The molecule has 3 N–H and O–H groups in total. The number of rotatable bonds is 1. The standard InChI is InChI=1S/C9H18N2O/c1-9(2,12)8-7-4-3-6(11-7)5-10-8/h6-8,10-12H,3-5H2,1-2H3/t6?,7-,8?/m1/s1. The van der Waals surface area contributed by atoms with E-state index in [1.165, 1.54) is 12.8 Å². The van der Waals surface area contributed by atoms with Crippen molar-refractivity contribution in [3.05, 3.63) is 0 Å². The molecule has 0 radical (unpaired) electrons. The molecule has 3 nitrogen and oxygen atoms in total. The highest BCUT2D eigenvalue weighted by Crippen LogP contribution is 2.25. The summed E-state index contributed by atoms with van der Waals surface area (Å²) in [6.07, 6.45) is 2.45. The highest BCUT2D eigenvalue weighted by Gasteiger charge is 2.41. The zero-order valence-corrected chi connectivity index (χ0v) is 7.80. The Labute approximate surface area is 73.5 Å². The van der Waals surface area contributed by atoms with Gasteiger partial charge in [-0.15, -0.1) is 0 Å². The molecule has 2 unspecified atom stereocenters. The van der Waals surface area contributed by atoms with Crippen LogP contribution in [0.15, 0.2) is 0 Å². The number of hydrogen-bond donors (Lipinski definition) is 3. The van der Waals surface area contributed by atoms with Gasteiger partial charge < -0.3 is 15.7 Å². The van der Waals surface area contributed by atoms with E-state index in [0.29, 0.717) is 12.1 Å². The predicted molar refractivity (Wildman–Crippen MR) is 48.0 cm³/mol. The Kier molecular flexibility index (Phi) is 1.90. The Morgan fingerprint density at radius 2 is 2.08 bits per heavy atom. The van der Waals surface area contributed by atoms with Crippen molar-refractivity contribution in [2.45, 2.75) is 50.4 Å². The first-order valence-corrected chi connectivity index (χ1v) is 4.79. The van der Waals surface area contributed by atoms with Crippen molar-refractivity contribution in [2.75, 3.05) is 6.54 Å². The third kappa shape index (κ3) is 1.37. The molecule has 2 aliphatic rings. The Hall–Kier alpha value is -0.120. The lowest BCUT2D eigenvalue weighted by atomic mass is 9.91. The zero-order valence-electron chi connectivity index (χ0n) is 7.80. The fraction of sp³-hybridized carbons (Fsp3) is 1.00. The Morgan fingerprint density at radius 3 is 2.75 bits per heavy atom. The van der Waals surface area contributed by atoms with Crippen LogP contribution in [0.5, 0.6) is 0 Å². The lowest BCUT2D eigenvalue weighted by Crippen LogP contribution is -2.63. The molecule has 0 aromatic carbocycles.